The molecule has 9 heteroatoms. The second kappa shape index (κ2) is 7.86. The molecular formula is C16H27N3O5S. The van der Waals surface area contributed by atoms with Crippen LogP contribution >= 0.6 is 0 Å². The maximum Gasteiger partial charge on any atom is 0.287 e. The molecule has 1 aromatic heterocycles. The van der Waals surface area contributed by atoms with Crippen molar-refractivity contribution in [2.24, 2.45) is 5.41 Å². The van der Waals surface area contributed by atoms with Crippen LogP contribution in [0.4, 0.5) is 0 Å². The molecule has 2 heterocycles. The Bertz CT molecular complexity index is 700. The van der Waals surface area contributed by atoms with E-state index in [1.54, 1.807) is 7.11 Å². The van der Waals surface area contributed by atoms with E-state index in [9.17, 15) is 13.2 Å². The zero-order chi connectivity index (χ0) is 18.7. The summed E-state index contributed by atoms with van der Waals surface area (Å²) in [6.07, 6.45) is 1.80. The second-order valence-electron chi connectivity index (χ2n) is 6.68. The molecule has 0 atom stereocenters. The Hall–Kier alpha value is -1.42. The molecule has 0 unspecified atom stereocenters. The summed E-state index contributed by atoms with van der Waals surface area (Å²) in [4.78, 5) is 12.4. The minimum absolute atomic E-state index is 0.000531. The first kappa shape index (κ1) is 19.9. The van der Waals surface area contributed by atoms with Gasteiger partial charge < -0.3 is 19.8 Å². The third kappa shape index (κ3) is 4.41. The Labute approximate surface area is 148 Å². The lowest BCUT2D eigenvalue weighted by Gasteiger charge is -2.37. The average Bonchev–Trinajstić information content (AvgIpc) is 2.96. The number of hydrogen-bond acceptors (Lipinski definition) is 6. The number of rotatable bonds is 7. The zero-order valence-corrected chi connectivity index (χ0v) is 16.0. The molecule has 1 fully saturated rings. The van der Waals surface area contributed by atoms with Crippen molar-refractivity contribution in [3.63, 3.8) is 0 Å². The first-order valence-corrected chi connectivity index (χ1v) is 9.67. The number of nitrogens with one attached hydrogen (secondary N) is 2. The Kier molecular flexibility index (Phi) is 6.26. The molecule has 1 aliphatic heterocycles. The molecule has 1 aromatic rings. The van der Waals surface area contributed by atoms with Gasteiger partial charge in [-0.05, 0) is 32.9 Å². The van der Waals surface area contributed by atoms with Crippen LogP contribution in [0, 0.1) is 12.3 Å². The van der Waals surface area contributed by atoms with Gasteiger partial charge in [0.15, 0.2) is 5.76 Å². The number of hydrogen-bond donors (Lipinski definition) is 2. The van der Waals surface area contributed by atoms with E-state index in [0.29, 0.717) is 13.2 Å². The van der Waals surface area contributed by atoms with Crippen LogP contribution in [0.5, 0.6) is 0 Å². The summed E-state index contributed by atoms with van der Waals surface area (Å²) in [6, 6.07) is 1.28. The number of sulfonamides is 1. The molecule has 0 aromatic carbocycles. The molecule has 1 amide bonds. The Balaban J connectivity index is 2.11. The van der Waals surface area contributed by atoms with Gasteiger partial charge in [-0.25, -0.2) is 12.7 Å². The average molecular weight is 373 g/mol. The van der Waals surface area contributed by atoms with Crippen LogP contribution in [-0.2, 0) is 14.8 Å². The molecule has 0 saturated carbocycles. The van der Waals surface area contributed by atoms with E-state index in [2.05, 4.69) is 10.6 Å². The highest BCUT2D eigenvalue weighted by Gasteiger charge is 2.33. The number of nitrogens with zero attached hydrogens (tertiary/aromatic N) is 1. The number of amides is 1. The van der Waals surface area contributed by atoms with E-state index >= 15 is 0 Å². The van der Waals surface area contributed by atoms with Gasteiger partial charge in [0.05, 0.1) is 6.61 Å². The summed E-state index contributed by atoms with van der Waals surface area (Å²) in [6.45, 7) is 4.31. The second-order valence-corrected chi connectivity index (χ2v) is 8.80. The first-order chi connectivity index (χ1) is 11.7. The third-order valence-electron chi connectivity index (χ3n) is 4.59. The highest BCUT2D eigenvalue weighted by molar-refractivity contribution is 7.89. The van der Waals surface area contributed by atoms with Crippen LogP contribution in [-0.4, -0.2) is 66.1 Å². The van der Waals surface area contributed by atoms with Gasteiger partial charge in [-0.3, -0.25) is 4.79 Å². The lowest BCUT2D eigenvalue weighted by molar-refractivity contribution is 0.0506. The molecule has 2 rings (SSSR count). The minimum Gasteiger partial charge on any atom is -0.455 e. The van der Waals surface area contributed by atoms with Gasteiger partial charge in [0, 0.05) is 39.2 Å². The van der Waals surface area contributed by atoms with Crippen LogP contribution in [0.15, 0.2) is 15.4 Å². The summed E-state index contributed by atoms with van der Waals surface area (Å²) in [7, 11) is 0.883. The smallest absolute Gasteiger partial charge is 0.287 e. The van der Waals surface area contributed by atoms with Gasteiger partial charge in [0.25, 0.3) is 5.91 Å². The third-order valence-corrected chi connectivity index (χ3v) is 6.52. The summed E-state index contributed by atoms with van der Waals surface area (Å²) in [5.41, 5.74) is -0.115. The first-order valence-electron chi connectivity index (χ1n) is 8.23. The summed E-state index contributed by atoms with van der Waals surface area (Å²) in [5, 5.41) is 6.16. The van der Waals surface area contributed by atoms with Gasteiger partial charge in [-0.2, -0.15) is 0 Å². The molecular weight excluding hydrogens is 346 g/mol. The van der Waals surface area contributed by atoms with E-state index < -0.39 is 15.9 Å². The molecule has 25 heavy (non-hydrogen) atoms. The van der Waals surface area contributed by atoms with E-state index in [0.717, 1.165) is 30.2 Å². The maximum absolute atomic E-state index is 12.4. The van der Waals surface area contributed by atoms with E-state index in [4.69, 9.17) is 9.15 Å². The Morgan fingerprint density at radius 1 is 1.40 bits per heavy atom. The largest absolute Gasteiger partial charge is 0.455 e. The van der Waals surface area contributed by atoms with Crippen LogP contribution in [0.2, 0.25) is 0 Å². The highest BCUT2D eigenvalue weighted by atomic mass is 32.2. The number of carbonyl (C=O) groups excluding carboxylic acids is 1. The van der Waals surface area contributed by atoms with Gasteiger partial charge >= 0.3 is 0 Å². The van der Waals surface area contributed by atoms with Crippen molar-refractivity contribution >= 4 is 15.9 Å². The summed E-state index contributed by atoms with van der Waals surface area (Å²) in [5.74, 6) is -0.218. The number of ether oxygens (including phenoxy) is 1. The molecule has 0 bridgehead atoms. The van der Waals surface area contributed by atoms with Gasteiger partial charge in [-0.1, -0.05) is 0 Å². The topological polar surface area (TPSA) is 101 Å². The lowest BCUT2D eigenvalue weighted by atomic mass is 9.79. The van der Waals surface area contributed by atoms with E-state index in [1.165, 1.54) is 27.1 Å². The SMILES string of the molecule is COCC1(CNC(=O)c2cc(S(=O)(=O)N(C)C)c(C)o2)CCNCC1. The molecule has 1 aliphatic rings. The van der Waals surface area contributed by atoms with E-state index in [1.807, 2.05) is 0 Å². The molecule has 2 N–H and O–H groups in total. The summed E-state index contributed by atoms with van der Waals surface area (Å²) < 4.78 is 36.3. The molecule has 0 spiro atoms. The van der Waals surface area contributed by atoms with Gasteiger partial charge in [0.2, 0.25) is 10.0 Å². The van der Waals surface area contributed by atoms with Crippen molar-refractivity contribution in [1.29, 1.82) is 0 Å². The molecule has 142 valence electrons. The maximum atomic E-state index is 12.4. The van der Waals surface area contributed by atoms with Crippen molar-refractivity contribution in [2.45, 2.75) is 24.7 Å². The molecule has 1 saturated heterocycles. The normalized spacial score (nSPS) is 17.6. The van der Waals surface area contributed by atoms with Crippen molar-refractivity contribution < 1.29 is 22.4 Å². The predicted octanol–water partition coefficient (Wildman–Crippen LogP) is 0.584. The standard InChI is InChI=1S/C16H27N3O5S/c1-12-14(25(21,22)19(2)3)9-13(24-12)15(20)18-10-16(11-23-4)5-7-17-8-6-16/h9,17H,5-8,10-11H2,1-4H3,(H,18,20). The van der Waals surface area contributed by atoms with Gasteiger partial charge in [0.1, 0.15) is 10.7 Å². The zero-order valence-electron chi connectivity index (χ0n) is 15.2. The minimum atomic E-state index is -3.65. The molecule has 0 radical (unpaired) electrons. The predicted molar refractivity (Wildman–Crippen MR) is 93.1 cm³/mol. The fourth-order valence-corrected chi connectivity index (χ4v) is 4.07. The highest BCUT2D eigenvalue weighted by Crippen LogP contribution is 2.28. The Morgan fingerprint density at radius 3 is 2.60 bits per heavy atom. The van der Waals surface area contributed by atoms with Crippen molar-refractivity contribution in [2.75, 3.05) is 47.4 Å². The number of aryl methyl sites for hydroxylation is 1. The van der Waals surface area contributed by atoms with Crippen molar-refractivity contribution in [3.8, 4) is 0 Å². The number of carbonyl (C=O) groups is 1. The fraction of sp³-hybridized carbons (Fsp3) is 0.688. The quantitative estimate of drug-likeness (QED) is 0.725. The molecule has 0 aliphatic carbocycles. The van der Waals surface area contributed by atoms with Crippen LogP contribution < -0.4 is 10.6 Å². The van der Waals surface area contributed by atoms with Crippen molar-refractivity contribution in [3.05, 3.63) is 17.6 Å². The monoisotopic (exact) mass is 373 g/mol. The van der Waals surface area contributed by atoms with Crippen LogP contribution in [0.3, 0.4) is 0 Å². The lowest BCUT2D eigenvalue weighted by Crippen LogP contribution is -2.47. The van der Waals surface area contributed by atoms with E-state index in [-0.39, 0.29) is 21.8 Å². The van der Waals surface area contributed by atoms with Crippen LogP contribution in [0.25, 0.3) is 0 Å². The molecule has 8 nitrogen and oxygen atoms in total. The fourth-order valence-electron chi connectivity index (χ4n) is 3.02. The van der Waals surface area contributed by atoms with Gasteiger partial charge in [-0.15, -0.1) is 0 Å². The van der Waals surface area contributed by atoms with Crippen molar-refractivity contribution in [1.82, 2.24) is 14.9 Å². The number of furan rings is 1. The van der Waals surface area contributed by atoms with Crippen LogP contribution in [0.1, 0.15) is 29.2 Å². The Morgan fingerprint density at radius 2 is 2.04 bits per heavy atom. The number of methoxy groups -OCH3 is 1. The number of piperidine rings is 1. The summed E-state index contributed by atoms with van der Waals surface area (Å²) >= 11 is 0.